The number of halogens is 1. The smallest absolute Gasteiger partial charge is 0.335 e. The maximum atomic E-state index is 12.9. The Kier molecular flexibility index (Phi) is 4.66. The number of hydrogen-bond acceptors (Lipinski definition) is 3. The van der Waals surface area contributed by atoms with Crippen LogP contribution in [0.2, 0.25) is 0 Å². The summed E-state index contributed by atoms with van der Waals surface area (Å²) in [6.45, 7) is 1.96. The van der Waals surface area contributed by atoms with Gasteiger partial charge >= 0.3 is 5.97 Å². The summed E-state index contributed by atoms with van der Waals surface area (Å²) in [5.41, 5.74) is 5.42. The Hall–Kier alpha value is -2.69. The van der Waals surface area contributed by atoms with Crippen molar-refractivity contribution in [2.75, 3.05) is 5.43 Å². The first-order valence-electron chi connectivity index (χ1n) is 6.52. The summed E-state index contributed by atoms with van der Waals surface area (Å²) < 4.78 is 12.9. The van der Waals surface area contributed by atoms with E-state index in [-0.39, 0.29) is 11.4 Å². The van der Waals surface area contributed by atoms with E-state index in [0.29, 0.717) is 12.1 Å². The number of rotatable bonds is 5. The summed E-state index contributed by atoms with van der Waals surface area (Å²) in [5, 5.41) is 13.1. The van der Waals surface area contributed by atoms with Crippen molar-refractivity contribution >= 4 is 17.4 Å². The van der Waals surface area contributed by atoms with Crippen LogP contribution in [0.5, 0.6) is 0 Å². The lowest BCUT2D eigenvalue weighted by molar-refractivity contribution is 0.0697. The number of carboxylic acids is 1. The Morgan fingerprint density at radius 3 is 2.19 bits per heavy atom. The van der Waals surface area contributed by atoms with Crippen LogP contribution in [0.15, 0.2) is 53.6 Å². The van der Waals surface area contributed by atoms with Crippen molar-refractivity contribution < 1.29 is 14.3 Å². The van der Waals surface area contributed by atoms with Gasteiger partial charge in [-0.2, -0.15) is 5.10 Å². The highest BCUT2D eigenvalue weighted by atomic mass is 19.1. The molecule has 0 fully saturated rings. The number of nitrogens with one attached hydrogen (secondary N) is 1. The first-order chi connectivity index (χ1) is 10.1. The molecule has 0 aliphatic heterocycles. The molecular formula is C16H15FN2O2. The normalized spacial score (nSPS) is 11.2. The molecule has 0 unspecified atom stereocenters. The molecule has 0 spiro atoms. The van der Waals surface area contributed by atoms with Crippen LogP contribution in [0.4, 0.5) is 10.1 Å². The highest BCUT2D eigenvalue weighted by Crippen LogP contribution is 2.11. The van der Waals surface area contributed by atoms with E-state index in [2.05, 4.69) is 10.5 Å². The third kappa shape index (κ3) is 3.89. The minimum Gasteiger partial charge on any atom is -0.478 e. The fraction of sp³-hybridized carbons (Fsp3) is 0.125. The zero-order valence-corrected chi connectivity index (χ0v) is 11.5. The third-order valence-corrected chi connectivity index (χ3v) is 2.96. The number of hydrazone groups is 1. The molecule has 0 aromatic heterocycles. The van der Waals surface area contributed by atoms with E-state index in [0.717, 1.165) is 11.3 Å². The van der Waals surface area contributed by atoms with Crippen molar-refractivity contribution in [1.29, 1.82) is 0 Å². The molecule has 108 valence electrons. The molecule has 21 heavy (non-hydrogen) atoms. The predicted octanol–water partition coefficient (Wildman–Crippen LogP) is 3.75. The quantitative estimate of drug-likeness (QED) is 0.650. The third-order valence-electron chi connectivity index (χ3n) is 2.96. The molecule has 0 saturated heterocycles. The average molecular weight is 286 g/mol. The van der Waals surface area contributed by atoms with Gasteiger partial charge in [-0.05, 0) is 48.4 Å². The molecule has 0 saturated carbocycles. The van der Waals surface area contributed by atoms with Crippen LogP contribution >= 0.6 is 0 Å². The molecule has 0 atom stereocenters. The van der Waals surface area contributed by atoms with Crippen molar-refractivity contribution in [3.63, 3.8) is 0 Å². The Bertz CT molecular complexity index is 649. The number of nitrogens with zero attached hydrogens (tertiary/aromatic N) is 1. The van der Waals surface area contributed by atoms with Crippen LogP contribution in [-0.4, -0.2) is 16.8 Å². The van der Waals surface area contributed by atoms with E-state index in [1.165, 1.54) is 24.3 Å². The van der Waals surface area contributed by atoms with Gasteiger partial charge in [0, 0.05) is 0 Å². The molecule has 5 heteroatoms. The van der Waals surface area contributed by atoms with E-state index in [4.69, 9.17) is 5.11 Å². The van der Waals surface area contributed by atoms with Gasteiger partial charge in [0.05, 0.1) is 17.0 Å². The minimum absolute atomic E-state index is 0.221. The van der Waals surface area contributed by atoms with Crippen LogP contribution in [-0.2, 0) is 0 Å². The van der Waals surface area contributed by atoms with Crippen molar-refractivity contribution in [2.45, 2.75) is 13.3 Å². The topological polar surface area (TPSA) is 61.7 Å². The van der Waals surface area contributed by atoms with Crippen LogP contribution in [0.1, 0.15) is 29.3 Å². The highest BCUT2D eigenvalue weighted by Gasteiger charge is 2.03. The van der Waals surface area contributed by atoms with E-state index >= 15 is 0 Å². The van der Waals surface area contributed by atoms with Crippen molar-refractivity contribution in [2.24, 2.45) is 5.10 Å². The predicted molar refractivity (Wildman–Crippen MR) is 80.3 cm³/mol. The number of hydrogen-bond donors (Lipinski definition) is 2. The standard InChI is InChI=1S/C16H15FN2O2/c1-2-15(11-3-7-13(17)8-4-11)19-18-14-9-5-12(6-10-14)16(20)21/h3-10,18H,2H2,1H3,(H,20,21)/b19-15+. The molecule has 2 aromatic rings. The summed E-state index contributed by atoms with van der Waals surface area (Å²) in [6, 6.07) is 12.4. The first-order valence-corrected chi connectivity index (χ1v) is 6.52. The van der Waals surface area contributed by atoms with Gasteiger partial charge in [-0.3, -0.25) is 5.43 Å². The largest absolute Gasteiger partial charge is 0.478 e. The summed E-state index contributed by atoms with van der Waals surface area (Å²) in [7, 11) is 0. The molecule has 2 aromatic carbocycles. The summed E-state index contributed by atoms with van der Waals surface area (Å²) in [4.78, 5) is 10.8. The SMILES string of the molecule is CC/C(=N\Nc1ccc(C(=O)O)cc1)c1ccc(F)cc1. The Morgan fingerprint density at radius 2 is 1.67 bits per heavy atom. The van der Waals surface area contributed by atoms with Crippen LogP contribution in [0, 0.1) is 5.82 Å². The second-order valence-corrected chi connectivity index (χ2v) is 4.41. The van der Waals surface area contributed by atoms with Gasteiger partial charge in [0.2, 0.25) is 0 Å². The molecule has 4 nitrogen and oxygen atoms in total. The number of benzene rings is 2. The lowest BCUT2D eigenvalue weighted by Crippen LogP contribution is -2.03. The second-order valence-electron chi connectivity index (χ2n) is 4.41. The van der Waals surface area contributed by atoms with Crippen molar-refractivity contribution in [1.82, 2.24) is 0 Å². The number of aromatic carboxylic acids is 1. The monoisotopic (exact) mass is 286 g/mol. The van der Waals surface area contributed by atoms with Gasteiger partial charge in [0.25, 0.3) is 0 Å². The zero-order chi connectivity index (χ0) is 15.2. The summed E-state index contributed by atoms with van der Waals surface area (Å²) >= 11 is 0. The molecule has 2 rings (SSSR count). The van der Waals surface area contributed by atoms with Gasteiger partial charge in [-0.25, -0.2) is 9.18 Å². The van der Waals surface area contributed by atoms with Gasteiger partial charge in [-0.15, -0.1) is 0 Å². The van der Waals surface area contributed by atoms with Crippen molar-refractivity contribution in [3.05, 3.63) is 65.5 Å². The van der Waals surface area contributed by atoms with Gasteiger partial charge in [0.1, 0.15) is 5.82 Å². The van der Waals surface area contributed by atoms with Crippen LogP contribution < -0.4 is 5.43 Å². The fourth-order valence-electron chi connectivity index (χ4n) is 1.81. The maximum absolute atomic E-state index is 12.9. The van der Waals surface area contributed by atoms with Crippen LogP contribution in [0.25, 0.3) is 0 Å². The van der Waals surface area contributed by atoms with E-state index in [1.54, 1.807) is 24.3 Å². The molecule has 0 aliphatic carbocycles. The molecular weight excluding hydrogens is 271 g/mol. The van der Waals surface area contributed by atoms with Gasteiger partial charge in [0.15, 0.2) is 0 Å². The minimum atomic E-state index is -0.967. The molecule has 0 aliphatic rings. The van der Waals surface area contributed by atoms with Crippen LogP contribution in [0.3, 0.4) is 0 Å². The Labute approximate surface area is 121 Å². The molecule has 0 bridgehead atoms. The van der Waals surface area contributed by atoms with E-state index in [9.17, 15) is 9.18 Å². The van der Waals surface area contributed by atoms with Gasteiger partial charge < -0.3 is 5.11 Å². The lowest BCUT2D eigenvalue weighted by Gasteiger charge is -2.06. The van der Waals surface area contributed by atoms with E-state index in [1.807, 2.05) is 6.92 Å². The summed E-state index contributed by atoms with van der Waals surface area (Å²) in [6.07, 6.45) is 0.686. The fourth-order valence-corrected chi connectivity index (χ4v) is 1.81. The molecule has 2 N–H and O–H groups in total. The number of carboxylic acid groups (broad SMARTS) is 1. The Balaban J connectivity index is 2.13. The maximum Gasteiger partial charge on any atom is 0.335 e. The number of carbonyl (C=O) groups is 1. The molecule has 0 heterocycles. The summed E-state index contributed by atoms with van der Waals surface area (Å²) in [5.74, 6) is -1.25. The van der Waals surface area contributed by atoms with E-state index < -0.39 is 5.97 Å². The first kappa shape index (κ1) is 14.7. The van der Waals surface area contributed by atoms with Gasteiger partial charge in [-0.1, -0.05) is 19.1 Å². The number of anilines is 1. The average Bonchev–Trinajstić information content (AvgIpc) is 2.50. The second kappa shape index (κ2) is 6.65. The lowest BCUT2D eigenvalue weighted by atomic mass is 10.1. The van der Waals surface area contributed by atoms with Crippen molar-refractivity contribution in [3.8, 4) is 0 Å². The Morgan fingerprint density at radius 1 is 1.10 bits per heavy atom. The zero-order valence-electron chi connectivity index (χ0n) is 11.5. The molecule has 0 amide bonds. The highest BCUT2D eigenvalue weighted by molar-refractivity contribution is 6.00. The molecule has 0 radical (unpaired) electrons.